The second-order valence-corrected chi connectivity index (χ2v) is 3.60. The van der Waals surface area contributed by atoms with Gasteiger partial charge in [-0.3, -0.25) is 4.79 Å². The molecule has 0 bridgehead atoms. The molecule has 1 aliphatic rings. The van der Waals surface area contributed by atoms with Crippen molar-refractivity contribution in [1.29, 1.82) is 0 Å². The van der Waals surface area contributed by atoms with Crippen molar-refractivity contribution in [2.75, 3.05) is 6.54 Å². The van der Waals surface area contributed by atoms with E-state index in [0.29, 0.717) is 0 Å². The molecular formula is C11H13NO2. The summed E-state index contributed by atoms with van der Waals surface area (Å²) in [6.45, 7) is 1.88. The molecule has 3 heteroatoms. The molecular weight excluding hydrogens is 178 g/mol. The second-order valence-electron chi connectivity index (χ2n) is 3.60. The van der Waals surface area contributed by atoms with E-state index in [0.717, 1.165) is 25.1 Å². The largest absolute Gasteiger partial charge is 0.481 e. The number of carbonyl (C=O) groups is 1. The van der Waals surface area contributed by atoms with Crippen molar-refractivity contribution in [1.82, 2.24) is 5.32 Å². The summed E-state index contributed by atoms with van der Waals surface area (Å²) in [5.74, 6) is -0.770. The van der Waals surface area contributed by atoms with Gasteiger partial charge in [-0.2, -0.15) is 0 Å². The molecule has 0 saturated carbocycles. The Morgan fingerprint density at radius 1 is 1.43 bits per heavy atom. The lowest BCUT2D eigenvalue weighted by Gasteiger charge is -2.17. The maximum atomic E-state index is 10.5. The first-order valence-electron chi connectivity index (χ1n) is 4.79. The lowest BCUT2D eigenvalue weighted by Crippen LogP contribution is -2.23. The fourth-order valence-electron chi connectivity index (χ4n) is 1.82. The first kappa shape index (κ1) is 9.21. The van der Waals surface area contributed by atoms with Gasteiger partial charge in [-0.05, 0) is 29.7 Å². The van der Waals surface area contributed by atoms with Crippen molar-refractivity contribution in [2.24, 2.45) is 0 Å². The number of rotatable bonds is 2. The van der Waals surface area contributed by atoms with Gasteiger partial charge in [-0.25, -0.2) is 0 Å². The van der Waals surface area contributed by atoms with Crippen LogP contribution in [0, 0.1) is 0 Å². The van der Waals surface area contributed by atoms with Crippen LogP contribution < -0.4 is 5.32 Å². The molecule has 2 N–H and O–H groups in total. The van der Waals surface area contributed by atoms with Gasteiger partial charge in [0.05, 0.1) is 6.42 Å². The SMILES string of the molecule is O=C(O)Cc1ccc2c(c1)CNCC2. The molecule has 0 saturated heterocycles. The average molecular weight is 191 g/mol. The van der Waals surface area contributed by atoms with E-state index < -0.39 is 5.97 Å². The quantitative estimate of drug-likeness (QED) is 0.732. The standard InChI is InChI=1S/C11H13NO2/c13-11(14)6-8-1-2-9-3-4-12-7-10(9)5-8/h1-2,5,12H,3-4,6-7H2,(H,13,14). The van der Waals surface area contributed by atoms with Crippen molar-refractivity contribution in [2.45, 2.75) is 19.4 Å². The molecule has 2 rings (SSSR count). The van der Waals surface area contributed by atoms with Crippen LogP contribution in [0.4, 0.5) is 0 Å². The van der Waals surface area contributed by atoms with Crippen LogP contribution >= 0.6 is 0 Å². The van der Waals surface area contributed by atoms with E-state index in [1.807, 2.05) is 12.1 Å². The molecule has 1 heterocycles. The van der Waals surface area contributed by atoms with E-state index in [-0.39, 0.29) is 6.42 Å². The highest BCUT2D eigenvalue weighted by Gasteiger charge is 2.09. The summed E-state index contributed by atoms with van der Waals surface area (Å²) in [4.78, 5) is 10.5. The van der Waals surface area contributed by atoms with Gasteiger partial charge in [0.2, 0.25) is 0 Å². The summed E-state index contributed by atoms with van der Waals surface area (Å²) < 4.78 is 0. The van der Waals surface area contributed by atoms with Crippen LogP contribution in [0.25, 0.3) is 0 Å². The minimum atomic E-state index is -0.770. The first-order chi connectivity index (χ1) is 6.75. The normalized spacial score (nSPS) is 14.9. The van der Waals surface area contributed by atoms with Gasteiger partial charge >= 0.3 is 5.97 Å². The lowest BCUT2D eigenvalue weighted by molar-refractivity contribution is -0.136. The van der Waals surface area contributed by atoms with Crippen LogP contribution in [0.1, 0.15) is 16.7 Å². The topological polar surface area (TPSA) is 49.3 Å². The van der Waals surface area contributed by atoms with Gasteiger partial charge in [0, 0.05) is 6.54 Å². The third-order valence-electron chi connectivity index (χ3n) is 2.51. The van der Waals surface area contributed by atoms with E-state index in [1.165, 1.54) is 11.1 Å². The number of carboxylic acid groups (broad SMARTS) is 1. The van der Waals surface area contributed by atoms with E-state index in [1.54, 1.807) is 0 Å². The Morgan fingerprint density at radius 2 is 2.29 bits per heavy atom. The van der Waals surface area contributed by atoms with E-state index in [9.17, 15) is 4.79 Å². The Bertz CT molecular complexity index is 360. The predicted octanol–water partition coefficient (Wildman–Crippen LogP) is 0.959. The number of hydrogen-bond donors (Lipinski definition) is 2. The fourth-order valence-corrected chi connectivity index (χ4v) is 1.82. The maximum Gasteiger partial charge on any atom is 0.307 e. The zero-order valence-corrected chi connectivity index (χ0v) is 7.92. The summed E-state index contributed by atoms with van der Waals surface area (Å²) in [7, 11) is 0. The van der Waals surface area contributed by atoms with Crippen molar-refractivity contribution >= 4 is 5.97 Å². The van der Waals surface area contributed by atoms with Crippen molar-refractivity contribution in [3.05, 3.63) is 34.9 Å². The monoisotopic (exact) mass is 191 g/mol. The Hall–Kier alpha value is -1.35. The van der Waals surface area contributed by atoms with Gasteiger partial charge in [0.15, 0.2) is 0 Å². The molecule has 0 spiro atoms. The third kappa shape index (κ3) is 1.93. The molecule has 1 aromatic carbocycles. The lowest BCUT2D eigenvalue weighted by atomic mass is 9.97. The zero-order chi connectivity index (χ0) is 9.97. The molecule has 14 heavy (non-hydrogen) atoms. The van der Waals surface area contributed by atoms with Crippen LogP contribution in [-0.2, 0) is 24.2 Å². The summed E-state index contributed by atoms with van der Waals surface area (Å²) in [5, 5.41) is 11.9. The average Bonchev–Trinajstić information content (AvgIpc) is 2.17. The summed E-state index contributed by atoms with van der Waals surface area (Å²) in [5.41, 5.74) is 3.48. The molecule has 74 valence electrons. The highest BCUT2D eigenvalue weighted by Crippen LogP contribution is 2.16. The van der Waals surface area contributed by atoms with Crippen molar-refractivity contribution in [3.63, 3.8) is 0 Å². The highest BCUT2D eigenvalue weighted by atomic mass is 16.4. The molecule has 1 aromatic rings. The molecule has 0 atom stereocenters. The molecule has 0 aliphatic carbocycles. The first-order valence-corrected chi connectivity index (χ1v) is 4.79. The van der Waals surface area contributed by atoms with Crippen LogP contribution in [0.15, 0.2) is 18.2 Å². The Balaban J connectivity index is 2.24. The molecule has 0 aromatic heterocycles. The van der Waals surface area contributed by atoms with Gasteiger partial charge in [-0.15, -0.1) is 0 Å². The van der Waals surface area contributed by atoms with E-state index in [2.05, 4.69) is 11.4 Å². The number of benzene rings is 1. The summed E-state index contributed by atoms with van der Waals surface area (Å²) >= 11 is 0. The van der Waals surface area contributed by atoms with Crippen LogP contribution in [0.2, 0.25) is 0 Å². The number of carboxylic acids is 1. The second kappa shape index (κ2) is 3.80. The molecule has 3 nitrogen and oxygen atoms in total. The molecule has 0 unspecified atom stereocenters. The summed E-state index contributed by atoms with van der Waals surface area (Å²) in [6, 6.07) is 5.96. The van der Waals surface area contributed by atoms with E-state index in [4.69, 9.17) is 5.11 Å². The molecule has 0 amide bonds. The van der Waals surface area contributed by atoms with Gasteiger partial charge in [-0.1, -0.05) is 18.2 Å². The minimum absolute atomic E-state index is 0.118. The van der Waals surface area contributed by atoms with Gasteiger partial charge < -0.3 is 10.4 Å². The van der Waals surface area contributed by atoms with Crippen molar-refractivity contribution < 1.29 is 9.90 Å². The van der Waals surface area contributed by atoms with Gasteiger partial charge in [0.1, 0.15) is 0 Å². The molecule has 0 fully saturated rings. The Labute approximate surface area is 82.8 Å². The van der Waals surface area contributed by atoms with E-state index >= 15 is 0 Å². The molecule has 0 radical (unpaired) electrons. The number of aliphatic carboxylic acids is 1. The third-order valence-corrected chi connectivity index (χ3v) is 2.51. The summed E-state index contributed by atoms with van der Waals surface area (Å²) in [6.07, 6.45) is 1.16. The predicted molar refractivity (Wildman–Crippen MR) is 53.2 cm³/mol. The smallest absolute Gasteiger partial charge is 0.307 e. The highest BCUT2D eigenvalue weighted by molar-refractivity contribution is 5.70. The maximum absolute atomic E-state index is 10.5. The van der Waals surface area contributed by atoms with Crippen LogP contribution in [0.5, 0.6) is 0 Å². The fraction of sp³-hybridized carbons (Fsp3) is 0.364. The Kier molecular flexibility index (Phi) is 2.50. The Morgan fingerprint density at radius 3 is 3.07 bits per heavy atom. The molecule has 1 aliphatic heterocycles. The van der Waals surface area contributed by atoms with Crippen LogP contribution in [-0.4, -0.2) is 17.6 Å². The minimum Gasteiger partial charge on any atom is -0.481 e. The number of hydrogen-bond acceptors (Lipinski definition) is 2. The van der Waals surface area contributed by atoms with Gasteiger partial charge in [0.25, 0.3) is 0 Å². The van der Waals surface area contributed by atoms with Crippen LogP contribution in [0.3, 0.4) is 0 Å². The zero-order valence-electron chi connectivity index (χ0n) is 7.92. The number of nitrogens with one attached hydrogen (secondary N) is 1. The number of fused-ring (bicyclic) bond motifs is 1. The van der Waals surface area contributed by atoms with Crippen molar-refractivity contribution in [3.8, 4) is 0 Å².